The molecule has 0 fully saturated rings. The number of rotatable bonds is 3. The zero-order valence-electron chi connectivity index (χ0n) is 3.72. The first-order chi connectivity index (χ1) is 2.91. The maximum Gasteiger partial charge on any atom is 0.0431 e. The van der Waals surface area contributed by atoms with Crippen molar-refractivity contribution in [3.05, 3.63) is 0 Å². The number of unbranched alkanes of at least 4 members (excludes halogenated alkanes) is 1. The van der Waals surface area contributed by atoms with E-state index in [4.69, 9.17) is 10.2 Å². The monoisotopic (exact) mass is 106 g/mol. The van der Waals surface area contributed by atoms with Crippen molar-refractivity contribution in [3.63, 3.8) is 0 Å². The zero-order valence-corrected chi connectivity index (χ0v) is 3.72. The third-order valence-electron chi connectivity index (χ3n) is 0.566. The van der Waals surface area contributed by atoms with E-state index in [-0.39, 0.29) is 20.6 Å². The van der Waals surface area contributed by atoms with E-state index in [0.717, 1.165) is 12.8 Å². The van der Waals surface area contributed by atoms with Crippen molar-refractivity contribution in [2.24, 2.45) is 0 Å². The highest BCUT2D eigenvalue weighted by Crippen LogP contribution is 1.80. The largest absolute Gasteiger partial charge is 0.396 e. The van der Waals surface area contributed by atoms with Gasteiger partial charge in [-0.2, -0.15) is 0 Å². The Labute approximate surface area is 44.8 Å². The third-order valence-corrected chi connectivity index (χ3v) is 0.566. The summed E-state index contributed by atoms with van der Waals surface area (Å²) in [6.07, 6.45) is 1.44. The van der Waals surface area contributed by atoms with E-state index in [9.17, 15) is 0 Å². The van der Waals surface area contributed by atoms with Crippen LogP contribution in [0.1, 0.15) is 20.3 Å². The third kappa shape index (κ3) is 10.7. The second kappa shape index (κ2) is 9.33. The number of hydrogen-bond acceptors (Lipinski definition) is 2. The Balaban J connectivity index is 0. The Morgan fingerprint density at radius 2 is 1.14 bits per heavy atom. The van der Waals surface area contributed by atoms with Crippen LogP contribution in [-0.2, 0) is 0 Å². The maximum atomic E-state index is 8.09. The minimum absolute atomic E-state index is 0. The van der Waals surface area contributed by atoms with E-state index in [2.05, 4.69) is 0 Å². The Bertz CT molecular complexity index is 18.0. The summed E-state index contributed by atoms with van der Waals surface area (Å²) in [5.74, 6) is 0. The van der Waals surface area contributed by atoms with Gasteiger partial charge in [-0.15, -0.1) is 0 Å². The molecule has 46 valence electrons. The zero-order chi connectivity index (χ0) is 4.83. The average Bonchev–Trinajstić information content (AvgIpc) is 1.61. The molecule has 0 bridgehead atoms. The normalized spacial score (nSPS) is 7.71. The quantitative estimate of drug-likeness (QED) is 0.511. The summed E-state index contributed by atoms with van der Waals surface area (Å²) >= 11 is 0. The summed E-state index contributed by atoms with van der Waals surface area (Å²) in [4.78, 5) is 0. The fourth-order valence-electron chi connectivity index (χ4n) is 0.224. The summed E-state index contributed by atoms with van der Waals surface area (Å²) in [6.45, 7) is 0.390. The first-order valence-electron chi connectivity index (χ1n) is 2.13. The second-order valence-electron chi connectivity index (χ2n) is 1.15. The highest BCUT2D eigenvalue weighted by atomic mass is 16.3. The highest BCUT2D eigenvalue weighted by Gasteiger charge is 1.77. The van der Waals surface area contributed by atoms with E-state index in [1.54, 1.807) is 0 Å². The van der Waals surface area contributed by atoms with Crippen molar-refractivity contribution < 1.29 is 10.2 Å². The summed E-state index contributed by atoms with van der Waals surface area (Å²) < 4.78 is 0. The van der Waals surface area contributed by atoms with Crippen LogP contribution in [0.5, 0.6) is 0 Å². The van der Waals surface area contributed by atoms with E-state index in [1.165, 1.54) is 0 Å². The molecule has 7 heavy (non-hydrogen) atoms. The van der Waals surface area contributed by atoms with Gasteiger partial charge in [0.05, 0.1) is 0 Å². The first-order valence-corrected chi connectivity index (χ1v) is 2.13. The molecule has 0 rings (SSSR count). The molecule has 0 aromatic heterocycles. The highest BCUT2D eigenvalue weighted by molar-refractivity contribution is 4.30. The predicted molar refractivity (Wildman–Crippen MR) is 30.1 cm³/mol. The number of hydrogen-bond donors (Lipinski definition) is 2. The Hall–Kier alpha value is -0.0800. The molecule has 0 aliphatic heterocycles. The van der Waals surface area contributed by atoms with Crippen LogP contribution >= 0.6 is 0 Å². The molecule has 0 unspecified atom stereocenters. The second-order valence-corrected chi connectivity index (χ2v) is 1.15. The van der Waals surface area contributed by atoms with Gasteiger partial charge < -0.3 is 10.2 Å². The van der Waals surface area contributed by atoms with Gasteiger partial charge in [-0.3, -0.25) is 0 Å². The fraction of sp³-hybridized carbons (Fsp3) is 1.00. The minimum Gasteiger partial charge on any atom is -0.396 e. The molecule has 0 atom stereocenters. The van der Waals surface area contributed by atoms with Gasteiger partial charge in [0.1, 0.15) is 0 Å². The van der Waals surface area contributed by atoms with Gasteiger partial charge in [0, 0.05) is 13.2 Å². The van der Waals surface area contributed by atoms with Crippen molar-refractivity contribution in [2.75, 3.05) is 13.2 Å². The Morgan fingerprint density at radius 1 is 0.857 bits per heavy atom. The van der Waals surface area contributed by atoms with E-state index in [1.807, 2.05) is 0 Å². The summed E-state index contributed by atoms with van der Waals surface area (Å²) in [6, 6.07) is 0. The fourth-order valence-corrected chi connectivity index (χ4v) is 0.224. The van der Waals surface area contributed by atoms with Crippen LogP contribution in [0.4, 0.5) is 0 Å². The summed E-state index contributed by atoms with van der Waals surface area (Å²) in [5.41, 5.74) is 0. The van der Waals surface area contributed by atoms with Crippen LogP contribution in [0.15, 0.2) is 0 Å². The lowest BCUT2D eigenvalue weighted by Crippen LogP contribution is -1.85. The van der Waals surface area contributed by atoms with Gasteiger partial charge in [-0.1, -0.05) is 7.43 Å². The first kappa shape index (κ1) is 10.0. The number of aliphatic hydroxyl groups excluding tert-OH is 2. The van der Waals surface area contributed by atoms with Crippen molar-refractivity contribution in [1.29, 1.82) is 0 Å². The SMILES string of the molecule is C.OCCCCO. The Kier molecular flexibility index (Phi) is 13.3. The lowest BCUT2D eigenvalue weighted by molar-refractivity contribution is 0.242. The predicted octanol–water partition coefficient (Wildman–Crippen LogP) is 0.387. The lowest BCUT2D eigenvalue weighted by atomic mass is 10.3. The summed E-state index contributed by atoms with van der Waals surface area (Å²) in [7, 11) is 0. The van der Waals surface area contributed by atoms with Crippen LogP contribution < -0.4 is 0 Å². The van der Waals surface area contributed by atoms with Gasteiger partial charge in [0.25, 0.3) is 0 Å². The minimum atomic E-state index is 0. The molecule has 0 aliphatic carbocycles. The topological polar surface area (TPSA) is 40.5 Å². The van der Waals surface area contributed by atoms with Crippen LogP contribution in [0.3, 0.4) is 0 Å². The molecular weight excluding hydrogens is 92.1 g/mol. The molecular formula is C5H14O2. The molecule has 0 amide bonds. The van der Waals surface area contributed by atoms with Crippen molar-refractivity contribution in [1.82, 2.24) is 0 Å². The average molecular weight is 106 g/mol. The van der Waals surface area contributed by atoms with E-state index >= 15 is 0 Å². The van der Waals surface area contributed by atoms with Gasteiger partial charge >= 0.3 is 0 Å². The molecule has 0 radical (unpaired) electrons. The van der Waals surface area contributed by atoms with Gasteiger partial charge in [0.2, 0.25) is 0 Å². The maximum absolute atomic E-state index is 8.09. The molecule has 0 aromatic carbocycles. The summed E-state index contributed by atoms with van der Waals surface area (Å²) in [5, 5.41) is 16.2. The molecule has 0 saturated heterocycles. The molecule has 2 N–H and O–H groups in total. The van der Waals surface area contributed by atoms with Crippen molar-refractivity contribution in [3.8, 4) is 0 Å². The van der Waals surface area contributed by atoms with Crippen LogP contribution in [0.25, 0.3) is 0 Å². The van der Waals surface area contributed by atoms with Gasteiger partial charge in [-0.25, -0.2) is 0 Å². The molecule has 2 heteroatoms. The molecule has 0 aliphatic rings. The smallest absolute Gasteiger partial charge is 0.0431 e. The van der Waals surface area contributed by atoms with Crippen LogP contribution in [-0.4, -0.2) is 23.4 Å². The molecule has 0 aromatic rings. The van der Waals surface area contributed by atoms with Crippen molar-refractivity contribution >= 4 is 0 Å². The molecule has 0 saturated carbocycles. The van der Waals surface area contributed by atoms with Crippen molar-refractivity contribution in [2.45, 2.75) is 20.3 Å². The molecule has 0 spiro atoms. The van der Waals surface area contributed by atoms with Gasteiger partial charge in [0.15, 0.2) is 0 Å². The molecule has 2 nitrogen and oxygen atoms in total. The number of aliphatic hydroxyl groups is 2. The standard InChI is InChI=1S/C4H10O2.CH4/c5-3-1-2-4-6;/h5-6H,1-4H2;1H4. The Morgan fingerprint density at radius 3 is 1.29 bits per heavy atom. The van der Waals surface area contributed by atoms with Gasteiger partial charge in [-0.05, 0) is 12.8 Å². The van der Waals surface area contributed by atoms with E-state index in [0.29, 0.717) is 0 Å². The van der Waals surface area contributed by atoms with E-state index < -0.39 is 0 Å². The lowest BCUT2D eigenvalue weighted by Gasteiger charge is -1.85. The van der Waals surface area contributed by atoms with Crippen LogP contribution in [0.2, 0.25) is 0 Å². The van der Waals surface area contributed by atoms with Crippen LogP contribution in [0, 0.1) is 0 Å². The molecule has 0 heterocycles.